The third-order valence-electron chi connectivity index (χ3n) is 1.39. The van der Waals surface area contributed by atoms with Gasteiger partial charge in [0.25, 0.3) is 0 Å². The maximum atomic E-state index is 12.8. The van der Waals surface area contributed by atoms with Gasteiger partial charge in [0.05, 0.1) is 5.69 Å². The number of hydrogen-bond acceptors (Lipinski definition) is 2. The van der Waals surface area contributed by atoms with E-state index in [1.165, 1.54) is 0 Å². The third kappa shape index (κ3) is 3.45. The Morgan fingerprint density at radius 2 is 2.00 bits per heavy atom. The average molecular weight is 223 g/mol. The number of halogens is 4. The maximum absolute atomic E-state index is 12.8. The van der Waals surface area contributed by atoms with E-state index in [-0.39, 0.29) is 12.1 Å². The number of nitrogens with one attached hydrogen (secondary N) is 1. The molecular weight excluding hydrogens is 218 g/mol. The molecule has 0 aliphatic rings. The summed E-state index contributed by atoms with van der Waals surface area (Å²) in [6.07, 6.45) is -4.70. The second-order valence-corrected chi connectivity index (χ2v) is 2.45. The molecule has 3 nitrogen and oxygen atoms in total. The van der Waals surface area contributed by atoms with Gasteiger partial charge in [-0.25, -0.2) is 4.39 Å². The van der Waals surface area contributed by atoms with Crippen molar-refractivity contribution in [3.63, 3.8) is 0 Å². The number of anilines is 1. The molecule has 1 amide bonds. The Labute approximate surface area is 81.6 Å². The van der Waals surface area contributed by atoms with Gasteiger partial charge in [-0.05, 0) is 12.1 Å². The molecule has 0 spiro atoms. The van der Waals surface area contributed by atoms with E-state index in [2.05, 4.69) is 4.74 Å². The Morgan fingerprint density at radius 1 is 1.33 bits per heavy atom. The molecule has 0 saturated carbocycles. The summed E-state index contributed by atoms with van der Waals surface area (Å²) in [6, 6.07) is 2.29. The summed E-state index contributed by atoms with van der Waals surface area (Å²) in [7, 11) is 0. The molecule has 0 saturated heterocycles. The van der Waals surface area contributed by atoms with Crippen LogP contribution in [-0.2, 0) is 4.79 Å². The number of benzene rings is 1. The first-order chi connectivity index (χ1) is 6.92. The van der Waals surface area contributed by atoms with E-state index in [0.29, 0.717) is 0 Å². The molecule has 1 rings (SSSR count). The zero-order valence-electron chi connectivity index (χ0n) is 7.14. The van der Waals surface area contributed by atoms with Gasteiger partial charge >= 0.3 is 6.36 Å². The summed E-state index contributed by atoms with van der Waals surface area (Å²) in [5, 5.41) is 1.90. The van der Waals surface area contributed by atoms with Gasteiger partial charge in [0, 0.05) is 6.07 Å². The van der Waals surface area contributed by atoms with E-state index in [1.54, 1.807) is 0 Å². The van der Waals surface area contributed by atoms with Crippen molar-refractivity contribution in [3.8, 4) is 5.75 Å². The van der Waals surface area contributed by atoms with Crippen LogP contribution in [0.5, 0.6) is 5.75 Å². The van der Waals surface area contributed by atoms with Crippen LogP contribution in [0.2, 0.25) is 0 Å². The summed E-state index contributed by atoms with van der Waals surface area (Å²) < 4.78 is 51.6. The monoisotopic (exact) mass is 223 g/mol. The number of carbonyl (C=O) groups excluding carboxylic acids is 1. The van der Waals surface area contributed by atoms with Crippen LogP contribution >= 0.6 is 0 Å². The first kappa shape index (κ1) is 11.3. The fraction of sp³-hybridized carbons (Fsp3) is 0.125. The molecule has 0 heterocycles. The standard InChI is InChI=1S/C8H5F4NO2/c9-6-2-1-5(15-8(10,11)12)3-7(6)13-4-14/h1-4H,(H,13,14). The Morgan fingerprint density at radius 3 is 2.53 bits per heavy atom. The van der Waals surface area contributed by atoms with E-state index < -0.39 is 17.9 Å². The fourth-order valence-corrected chi connectivity index (χ4v) is 0.876. The van der Waals surface area contributed by atoms with Gasteiger partial charge in [-0.3, -0.25) is 4.79 Å². The largest absolute Gasteiger partial charge is 0.573 e. The van der Waals surface area contributed by atoms with Crippen LogP contribution in [0.1, 0.15) is 0 Å². The highest BCUT2D eigenvalue weighted by molar-refractivity contribution is 5.72. The normalized spacial score (nSPS) is 10.9. The summed E-state index contributed by atoms with van der Waals surface area (Å²) in [6.45, 7) is 0. The molecule has 0 radical (unpaired) electrons. The number of rotatable bonds is 3. The zero-order chi connectivity index (χ0) is 11.5. The van der Waals surface area contributed by atoms with E-state index in [9.17, 15) is 22.4 Å². The zero-order valence-corrected chi connectivity index (χ0v) is 7.14. The minimum absolute atomic E-state index is 0.149. The molecule has 0 aliphatic heterocycles. The maximum Gasteiger partial charge on any atom is 0.573 e. The predicted molar refractivity (Wildman–Crippen MR) is 42.8 cm³/mol. The Kier molecular flexibility index (Phi) is 3.13. The molecule has 1 N–H and O–H groups in total. The molecule has 0 atom stereocenters. The van der Waals surface area contributed by atoms with Gasteiger partial charge in [-0.15, -0.1) is 13.2 Å². The average Bonchev–Trinajstić information content (AvgIpc) is 2.09. The minimum Gasteiger partial charge on any atom is -0.406 e. The van der Waals surface area contributed by atoms with Crippen molar-refractivity contribution in [3.05, 3.63) is 24.0 Å². The molecule has 0 unspecified atom stereocenters. The summed E-state index contributed by atoms with van der Waals surface area (Å²) in [5.41, 5.74) is -0.383. The SMILES string of the molecule is O=CNc1cc(OC(F)(F)F)ccc1F. The molecular formula is C8H5F4NO2. The van der Waals surface area contributed by atoms with Crippen molar-refractivity contribution in [1.29, 1.82) is 0 Å². The van der Waals surface area contributed by atoms with Crippen molar-refractivity contribution >= 4 is 12.1 Å². The van der Waals surface area contributed by atoms with Crippen LogP contribution in [0.15, 0.2) is 18.2 Å². The summed E-state index contributed by atoms with van der Waals surface area (Å²) >= 11 is 0. The minimum atomic E-state index is -4.85. The number of carbonyl (C=O) groups is 1. The number of alkyl halides is 3. The van der Waals surface area contributed by atoms with Gasteiger partial charge in [0.1, 0.15) is 11.6 Å². The van der Waals surface area contributed by atoms with Gasteiger partial charge in [0.15, 0.2) is 0 Å². The quantitative estimate of drug-likeness (QED) is 0.630. The second kappa shape index (κ2) is 4.16. The third-order valence-corrected chi connectivity index (χ3v) is 1.39. The fourth-order valence-electron chi connectivity index (χ4n) is 0.876. The topological polar surface area (TPSA) is 38.3 Å². The van der Waals surface area contributed by atoms with Crippen molar-refractivity contribution < 1.29 is 27.1 Å². The molecule has 1 aromatic carbocycles. The lowest BCUT2D eigenvalue weighted by atomic mass is 10.3. The summed E-state index contributed by atoms with van der Waals surface area (Å²) in [5.74, 6) is -1.45. The van der Waals surface area contributed by atoms with Gasteiger partial charge < -0.3 is 10.1 Å². The Bertz CT molecular complexity index is 364. The molecule has 0 fully saturated rings. The van der Waals surface area contributed by atoms with Crippen molar-refractivity contribution in [2.45, 2.75) is 6.36 Å². The van der Waals surface area contributed by atoms with E-state index in [4.69, 9.17) is 0 Å². The lowest BCUT2D eigenvalue weighted by Crippen LogP contribution is -2.17. The van der Waals surface area contributed by atoms with Gasteiger partial charge in [-0.1, -0.05) is 0 Å². The smallest absolute Gasteiger partial charge is 0.406 e. The number of amides is 1. The lowest BCUT2D eigenvalue weighted by molar-refractivity contribution is -0.274. The molecule has 7 heteroatoms. The molecule has 1 aromatic rings. The number of ether oxygens (including phenoxy) is 1. The molecule has 0 aromatic heterocycles. The van der Waals surface area contributed by atoms with Gasteiger partial charge in [0.2, 0.25) is 6.41 Å². The van der Waals surface area contributed by atoms with Crippen LogP contribution in [-0.4, -0.2) is 12.8 Å². The van der Waals surface area contributed by atoms with Crippen LogP contribution in [0.4, 0.5) is 23.2 Å². The first-order valence-corrected chi connectivity index (χ1v) is 3.68. The Balaban J connectivity index is 2.92. The van der Waals surface area contributed by atoms with Crippen LogP contribution < -0.4 is 10.1 Å². The van der Waals surface area contributed by atoms with Crippen molar-refractivity contribution in [1.82, 2.24) is 0 Å². The van der Waals surface area contributed by atoms with Crippen LogP contribution in [0.3, 0.4) is 0 Å². The van der Waals surface area contributed by atoms with Crippen LogP contribution in [0, 0.1) is 5.82 Å². The molecule has 82 valence electrons. The highest BCUT2D eigenvalue weighted by atomic mass is 19.4. The molecule has 0 bridgehead atoms. The molecule has 0 aliphatic carbocycles. The Hall–Kier alpha value is -1.79. The molecule has 15 heavy (non-hydrogen) atoms. The first-order valence-electron chi connectivity index (χ1n) is 3.68. The highest BCUT2D eigenvalue weighted by Crippen LogP contribution is 2.26. The van der Waals surface area contributed by atoms with Crippen LogP contribution in [0.25, 0.3) is 0 Å². The summed E-state index contributed by atoms with van der Waals surface area (Å²) in [4.78, 5) is 9.98. The van der Waals surface area contributed by atoms with E-state index in [1.807, 2.05) is 5.32 Å². The lowest BCUT2D eigenvalue weighted by Gasteiger charge is -2.09. The highest BCUT2D eigenvalue weighted by Gasteiger charge is 2.31. The second-order valence-electron chi connectivity index (χ2n) is 2.45. The van der Waals surface area contributed by atoms with Crippen molar-refractivity contribution in [2.24, 2.45) is 0 Å². The van der Waals surface area contributed by atoms with E-state index in [0.717, 1.165) is 18.2 Å². The predicted octanol–water partition coefficient (Wildman–Crippen LogP) is 2.29. The number of hydrogen-bond donors (Lipinski definition) is 1. The van der Waals surface area contributed by atoms with E-state index >= 15 is 0 Å². The van der Waals surface area contributed by atoms with Gasteiger partial charge in [-0.2, -0.15) is 0 Å². The van der Waals surface area contributed by atoms with Crippen molar-refractivity contribution in [2.75, 3.05) is 5.32 Å².